The van der Waals surface area contributed by atoms with Crippen LogP contribution in [0.2, 0.25) is 0 Å². The van der Waals surface area contributed by atoms with E-state index in [0.717, 1.165) is 13.1 Å². The highest BCUT2D eigenvalue weighted by Crippen LogP contribution is 2.10. The molecular formula is C20H23F2N5O3. The second-order valence-corrected chi connectivity index (χ2v) is 6.48. The lowest BCUT2D eigenvalue weighted by Crippen LogP contribution is -2.40. The Kier molecular flexibility index (Phi) is 8.43. The molecule has 2 aromatic heterocycles. The maximum absolute atomic E-state index is 12.3. The molecule has 2 aromatic rings. The van der Waals surface area contributed by atoms with Gasteiger partial charge in [0.1, 0.15) is 5.69 Å². The van der Waals surface area contributed by atoms with Crippen molar-refractivity contribution in [2.75, 3.05) is 31.2 Å². The Morgan fingerprint density at radius 1 is 1.30 bits per heavy atom. The number of anilines is 1. The molecule has 0 bridgehead atoms. The van der Waals surface area contributed by atoms with E-state index in [-0.39, 0.29) is 11.1 Å². The maximum Gasteiger partial charge on any atom is 0.322 e. The summed E-state index contributed by atoms with van der Waals surface area (Å²) in [5.41, 5.74) is 0.843. The van der Waals surface area contributed by atoms with Crippen LogP contribution in [0.4, 0.5) is 14.5 Å². The first-order chi connectivity index (χ1) is 14.3. The van der Waals surface area contributed by atoms with Gasteiger partial charge in [-0.05, 0) is 24.3 Å². The van der Waals surface area contributed by atoms with Crippen LogP contribution in [-0.2, 0) is 11.3 Å². The van der Waals surface area contributed by atoms with Crippen molar-refractivity contribution in [2.45, 2.75) is 25.9 Å². The second-order valence-electron chi connectivity index (χ2n) is 6.48. The van der Waals surface area contributed by atoms with Gasteiger partial charge in [-0.25, -0.2) is 0 Å². The van der Waals surface area contributed by atoms with Crippen LogP contribution in [0, 0.1) is 11.3 Å². The molecule has 1 fully saturated rings. The molecule has 3 heterocycles. The molecule has 1 amide bonds. The average molecular weight is 419 g/mol. The molecule has 0 unspecified atom stereocenters. The van der Waals surface area contributed by atoms with Gasteiger partial charge in [0.25, 0.3) is 11.5 Å². The van der Waals surface area contributed by atoms with E-state index in [4.69, 9.17) is 10.00 Å². The number of carbonyl (C=O) groups excluding carboxylic acids is 1. The van der Waals surface area contributed by atoms with Gasteiger partial charge in [-0.15, -0.1) is 0 Å². The fourth-order valence-corrected chi connectivity index (χ4v) is 2.69. The van der Waals surface area contributed by atoms with E-state index in [1.54, 1.807) is 10.8 Å². The summed E-state index contributed by atoms with van der Waals surface area (Å²) in [6.07, 6.45) is 4.81. The zero-order valence-corrected chi connectivity index (χ0v) is 16.6. The van der Waals surface area contributed by atoms with Crippen molar-refractivity contribution >= 4 is 11.6 Å². The summed E-state index contributed by atoms with van der Waals surface area (Å²) in [5.74, 6) is -0.810. The number of ether oxygens (including phenoxy) is 1. The SMILES string of the molecule is CC(F)(F)NC(=O)c1ccncc1.N#CCCn1cccc(N2CCOCC2)c1=O. The minimum absolute atomic E-state index is 0.0235. The Morgan fingerprint density at radius 3 is 2.57 bits per heavy atom. The molecule has 1 N–H and O–H groups in total. The lowest BCUT2D eigenvalue weighted by atomic mass is 10.2. The topological polar surface area (TPSA) is 100 Å². The van der Waals surface area contributed by atoms with Crippen molar-refractivity contribution in [1.82, 2.24) is 14.9 Å². The van der Waals surface area contributed by atoms with Gasteiger partial charge < -0.3 is 14.2 Å². The number of alkyl halides is 2. The highest BCUT2D eigenvalue weighted by Gasteiger charge is 2.23. The molecule has 10 heteroatoms. The first kappa shape index (κ1) is 23.0. The molecule has 0 atom stereocenters. The van der Waals surface area contributed by atoms with E-state index >= 15 is 0 Å². The van der Waals surface area contributed by atoms with Crippen LogP contribution in [0.1, 0.15) is 23.7 Å². The minimum Gasteiger partial charge on any atom is -0.378 e. The molecule has 0 radical (unpaired) electrons. The molecule has 0 spiro atoms. The van der Waals surface area contributed by atoms with Crippen molar-refractivity contribution in [2.24, 2.45) is 0 Å². The number of carbonyl (C=O) groups is 1. The minimum atomic E-state index is -3.19. The number of nitrogens with one attached hydrogen (secondary N) is 1. The van der Waals surface area contributed by atoms with E-state index in [1.807, 2.05) is 23.1 Å². The van der Waals surface area contributed by atoms with Crippen LogP contribution >= 0.6 is 0 Å². The van der Waals surface area contributed by atoms with E-state index in [2.05, 4.69) is 4.98 Å². The van der Waals surface area contributed by atoms with Crippen LogP contribution in [0.3, 0.4) is 0 Å². The highest BCUT2D eigenvalue weighted by atomic mass is 19.3. The molecule has 3 rings (SSSR count). The van der Waals surface area contributed by atoms with Gasteiger partial charge in [-0.2, -0.15) is 14.0 Å². The third-order valence-electron chi connectivity index (χ3n) is 4.09. The van der Waals surface area contributed by atoms with Crippen molar-refractivity contribution in [3.05, 3.63) is 58.8 Å². The van der Waals surface area contributed by atoms with Crippen molar-refractivity contribution in [1.29, 1.82) is 5.26 Å². The Hall–Kier alpha value is -3.32. The van der Waals surface area contributed by atoms with Gasteiger partial charge in [-0.1, -0.05) is 0 Å². The van der Waals surface area contributed by atoms with Crippen molar-refractivity contribution < 1.29 is 18.3 Å². The molecule has 0 aromatic carbocycles. The van der Waals surface area contributed by atoms with Crippen LogP contribution < -0.4 is 15.8 Å². The van der Waals surface area contributed by atoms with E-state index in [9.17, 15) is 18.4 Å². The number of hydrogen-bond donors (Lipinski definition) is 1. The molecule has 0 aliphatic carbocycles. The fourth-order valence-electron chi connectivity index (χ4n) is 2.69. The number of aryl methyl sites for hydroxylation is 1. The molecule has 30 heavy (non-hydrogen) atoms. The average Bonchev–Trinajstić information content (AvgIpc) is 2.73. The Balaban J connectivity index is 0.000000222. The molecule has 1 saturated heterocycles. The first-order valence-corrected chi connectivity index (χ1v) is 9.31. The largest absolute Gasteiger partial charge is 0.378 e. The maximum atomic E-state index is 12.3. The number of nitriles is 1. The summed E-state index contributed by atoms with van der Waals surface area (Å²) >= 11 is 0. The van der Waals surface area contributed by atoms with Gasteiger partial charge in [0.15, 0.2) is 0 Å². The van der Waals surface area contributed by atoms with Crippen molar-refractivity contribution in [3.8, 4) is 6.07 Å². The van der Waals surface area contributed by atoms with E-state index in [0.29, 0.717) is 38.8 Å². The molecule has 8 nitrogen and oxygen atoms in total. The number of pyridine rings is 2. The Bertz CT molecular complexity index is 917. The van der Waals surface area contributed by atoms with Gasteiger partial charge in [0, 0.05) is 50.7 Å². The Morgan fingerprint density at radius 2 is 1.97 bits per heavy atom. The molecular weight excluding hydrogens is 396 g/mol. The number of amides is 1. The Labute approximate surface area is 172 Å². The number of nitrogens with zero attached hydrogens (tertiary/aromatic N) is 4. The van der Waals surface area contributed by atoms with Gasteiger partial charge in [-0.3, -0.25) is 19.9 Å². The predicted octanol–water partition coefficient (Wildman–Crippen LogP) is 2.02. The summed E-state index contributed by atoms with van der Waals surface area (Å²) in [6.45, 7) is 3.88. The normalized spacial score (nSPS) is 13.6. The number of hydrogen-bond acceptors (Lipinski definition) is 6. The molecule has 160 valence electrons. The van der Waals surface area contributed by atoms with E-state index in [1.165, 1.54) is 29.8 Å². The van der Waals surface area contributed by atoms with Gasteiger partial charge >= 0.3 is 6.05 Å². The first-order valence-electron chi connectivity index (χ1n) is 9.31. The van der Waals surface area contributed by atoms with Crippen LogP contribution in [-0.4, -0.2) is 47.8 Å². The third kappa shape index (κ3) is 7.25. The smallest absolute Gasteiger partial charge is 0.322 e. The van der Waals surface area contributed by atoms with Gasteiger partial charge in [0.05, 0.1) is 25.7 Å². The standard InChI is InChI=1S/C12H15N3O2.C8H8F2N2O/c13-4-2-6-15-5-1-3-11(12(15)16)14-7-9-17-10-8-14;1-8(9,10)12-7(13)6-2-4-11-5-3-6/h1,3,5H,2,6-10H2;2-5H,1H3,(H,12,13). The predicted molar refractivity (Wildman–Crippen MR) is 106 cm³/mol. The lowest BCUT2D eigenvalue weighted by Gasteiger charge is -2.28. The van der Waals surface area contributed by atoms with Gasteiger partial charge in [0.2, 0.25) is 0 Å². The fraction of sp³-hybridized carbons (Fsp3) is 0.400. The lowest BCUT2D eigenvalue weighted by molar-refractivity contribution is -0.00932. The zero-order chi connectivity index (χ0) is 22.0. The third-order valence-corrected chi connectivity index (χ3v) is 4.09. The van der Waals surface area contributed by atoms with Crippen LogP contribution in [0.5, 0.6) is 0 Å². The van der Waals surface area contributed by atoms with Crippen LogP contribution in [0.25, 0.3) is 0 Å². The molecule has 0 saturated carbocycles. The van der Waals surface area contributed by atoms with E-state index < -0.39 is 12.0 Å². The summed E-state index contributed by atoms with van der Waals surface area (Å²) in [6, 6.07) is 5.26. The number of halogens is 2. The summed E-state index contributed by atoms with van der Waals surface area (Å²) in [5, 5.41) is 10.1. The summed E-state index contributed by atoms with van der Waals surface area (Å²) < 4.78 is 31.5. The van der Waals surface area contributed by atoms with Crippen LogP contribution in [0.15, 0.2) is 47.7 Å². The molecule has 1 aliphatic rings. The number of rotatable bonds is 5. The zero-order valence-electron chi connectivity index (χ0n) is 16.6. The van der Waals surface area contributed by atoms with Crippen molar-refractivity contribution in [3.63, 3.8) is 0 Å². The second kappa shape index (κ2) is 11.0. The number of morpholine rings is 1. The molecule has 1 aliphatic heterocycles. The number of aromatic nitrogens is 2. The summed E-state index contributed by atoms with van der Waals surface area (Å²) in [7, 11) is 0. The quantitative estimate of drug-likeness (QED) is 0.745. The highest BCUT2D eigenvalue weighted by molar-refractivity contribution is 5.94. The summed E-state index contributed by atoms with van der Waals surface area (Å²) in [4.78, 5) is 28.9. The monoisotopic (exact) mass is 419 g/mol.